The molecule has 0 saturated heterocycles. The Morgan fingerprint density at radius 2 is 2.05 bits per heavy atom. The van der Waals surface area contributed by atoms with Crippen LogP contribution in [0.25, 0.3) is 0 Å². The zero-order valence-electron chi connectivity index (χ0n) is 13.1. The molecule has 2 atom stereocenters. The van der Waals surface area contributed by atoms with Crippen LogP contribution >= 0.6 is 0 Å². The molecule has 0 aliphatic heterocycles. The lowest BCUT2D eigenvalue weighted by Crippen LogP contribution is -2.40. The molecule has 0 heterocycles. The largest absolute Gasteiger partial charge is 0.368 e. The minimum Gasteiger partial charge on any atom is -0.368 e. The topological polar surface area (TPSA) is 29.3 Å². The maximum atomic E-state index is 5.75. The Morgan fingerprint density at radius 3 is 2.75 bits per heavy atom. The van der Waals surface area contributed by atoms with E-state index in [9.17, 15) is 0 Å². The average Bonchev–Trinajstić information content (AvgIpc) is 2.49. The summed E-state index contributed by atoms with van der Waals surface area (Å²) in [6.07, 6.45) is 7.92. The molecule has 20 heavy (non-hydrogen) atoms. The van der Waals surface area contributed by atoms with E-state index < -0.39 is 0 Å². The number of nitrogens with two attached hydrogens (primary N) is 1. The Bertz CT molecular complexity index is 402. The summed E-state index contributed by atoms with van der Waals surface area (Å²) in [7, 11) is 0. The Hall–Kier alpha value is -1.02. The SMILES string of the molecule is CCC1CCCC(N(CCCN)c2ccccc2C)C1. The smallest absolute Gasteiger partial charge is 0.0398 e. The molecule has 1 aromatic carbocycles. The molecular formula is C18H30N2. The molecule has 2 N–H and O–H groups in total. The van der Waals surface area contributed by atoms with E-state index in [0.29, 0.717) is 6.04 Å². The molecule has 0 aromatic heterocycles. The van der Waals surface area contributed by atoms with Gasteiger partial charge in [0, 0.05) is 18.3 Å². The molecule has 0 radical (unpaired) electrons. The van der Waals surface area contributed by atoms with Crippen molar-refractivity contribution in [1.29, 1.82) is 0 Å². The van der Waals surface area contributed by atoms with Crippen molar-refractivity contribution in [3.05, 3.63) is 29.8 Å². The first-order chi connectivity index (χ1) is 9.76. The number of anilines is 1. The van der Waals surface area contributed by atoms with Gasteiger partial charge in [-0.3, -0.25) is 0 Å². The van der Waals surface area contributed by atoms with E-state index in [0.717, 1.165) is 25.4 Å². The van der Waals surface area contributed by atoms with Gasteiger partial charge in [0.2, 0.25) is 0 Å². The van der Waals surface area contributed by atoms with E-state index in [1.807, 2.05) is 0 Å². The summed E-state index contributed by atoms with van der Waals surface area (Å²) in [5, 5.41) is 0. The number of rotatable bonds is 6. The van der Waals surface area contributed by atoms with Gasteiger partial charge in [-0.05, 0) is 50.3 Å². The molecule has 0 bridgehead atoms. The second-order valence-corrected chi connectivity index (χ2v) is 6.22. The molecule has 1 saturated carbocycles. The fraction of sp³-hybridized carbons (Fsp3) is 0.667. The maximum Gasteiger partial charge on any atom is 0.0398 e. The van der Waals surface area contributed by atoms with Gasteiger partial charge in [0.05, 0.1) is 0 Å². The van der Waals surface area contributed by atoms with Crippen molar-refractivity contribution in [1.82, 2.24) is 0 Å². The van der Waals surface area contributed by atoms with Crippen LogP contribution < -0.4 is 10.6 Å². The lowest BCUT2D eigenvalue weighted by atomic mass is 9.83. The number of nitrogens with zero attached hydrogens (tertiary/aromatic N) is 1. The summed E-state index contributed by atoms with van der Waals surface area (Å²) in [4.78, 5) is 2.64. The van der Waals surface area contributed by atoms with Gasteiger partial charge in [0.1, 0.15) is 0 Å². The quantitative estimate of drug-likeness (QED) is 0.845. The van der Waals surface area contributed by atoms with E-state index in [2.05, 4.69) is 43.0 Å². The van der Waals surface area contributed by atoms with Crippen LogP contribution in [0.15, 0.2) is 24.3 Å². The highest BCUT2D eigenvalue weighted by molar-refractivity contribution is 5.53. The number of aryl methyl sites for hydroxylation is 1. The number of para-hydroxylation sites is 1. The Balaban J connectivity index is 2.16. The second-order valence-electron chi connectivity index (χ2n) is 6.22. The highest BCUT2D eigenvalue weighted by Crippen LogP contribution is 2.33. The van der Waals surface area contributed by atoms with Crippen LogP contribution in [-0.4, -0.2) is 19.1 Å². The van der Waals surface area contributed by atoms with Crippen molar-refractivity contribution in [3.63, 3.8) is 0 Å². The summed E-state index contributed by atoms with van der Waals surface area (Å²) in [6, 6.07) is 9.52. The standard InChI is InChI=1S/C18H30N2/c1-3-16-9-6-10-17(14-16)20(13-7-12-19)18-11-5-4-8-15(18)2/h4-5,8,11,16-17H,3,6-7,9-10,12-14,19H2,1-2H3. The molecule has 1 aliphatic rings. The van der Waals surface area contributed by atoms with Crippen LogP contribution in [0.3, 0.4) is 0 Å². The fourth-order valence-corrected chi connectivity index (χ4v) is 3.56. The van der Waals surface area contributed by atoms with Gasteiger partial charge >= 0.3 is 0 Å². The Morgan fingerprint density at radius 1 is 1.25 bits per heavy atom. The third kappa shape index (κ3) is 3.76. The normalized spacial score (nSPS) is 22.8. The Kier molecular flexibility index (Phi) is 5.90. The minimum absolute atomic E-state index is 0.710. The lowest BCUT2D eigenvalue weighted by Gasteiger charge is -2.39. The third-order valence-electron chi connectivity index (χ3n) is 4.80. The highest BCUT2D eigenvalue weighted by Gasteiger charge is 2.26. The van der Waals surface area contributed by atoms with Crippen molar-refractivity contribution < 1.29 is 0 Å². The first-order valence-corrected chi connectivity index (χ1v) is 8.28. The van der Waals surface area contributed by atoms with Gasteiger partial charge in [-0.1, -0.05) is 44.4 Å². The Labute approximate surface area is 124 Å². The zero-order valence-corrected chi connectivity index (χ0v) is 13.1. The first kappa shape index (κ1) is 15.4. The molecule has 2 heteroatoms. The van der Waals surface area contributed by atoms with Gasteiger partial charge in [-0.2, -0.15) is 0 Å². The minimum atomic E-state index is 0.710. The monoisotopic (exact) mass is 274 g/mol. The van der Waals surface area contributed by atoms with Crippen LogP contribution in [0.5, 0.6) is 0 Å². The molecule has 2 unspecified atom stereocenters. The first-order valence-electron chi connectivity index (χ1n) is 8.28. The van der Waals surface area contributed by atoms with Gasteiger partial charge in [0.15, 0.2) is 0 Å². The molecule has 1 fully saturated rings. The summed E-state index contributed by atoms with van der Waals surface area (Å²) >= 11 is 0. The number of hydrogen-bond acceptors (Lipinski definition) is 2. The molecule has 112 valence electrons. The molecular weight excluding hydrogens is 244 g/mol. The maximum absolute atomic E-state index is 5.75. The van der Waals surface area contributed by atoms with Crippen molar-refractivity contribution in [3.8, 4) is 0 Å². The predicted octanol–water partition coefficient (Wildman–Crippen LogP) is 4.12. The average molecular weight is 274 g/mol. The van der Waals surface area contributed by atoms with E-state index in [1.165, 1.54) is 43.4 Å². The van der Waals surface area contributed by atoms with Crippen LogP contribution in [0.1, 0.15) is 51.0 Å². The number of hydrogen-bond donors (Lipinski definition) is 1. The van der Waals surface area contributed by atoms with Gasteiger partial charge in [0.25, 0.3) is 0 Å². The van der Waals surface area contributed by atoms with E-state index in [1.54, 1.807) is 0 Å². The van der Waals surface area contributed by atoms with Crippen molar-refractivity contribution in [2.45, 2.75) is 58.4 Å². The molecule has 2 rings (SSSR count). The fourth-order valence-electron chi connectivity index (χ4n) is 3.56. The van der Waals surface area contributed by atoms with Crippen LogP contribution in [0.4, 0.5) is 5.69 Å². The third-order valence-corrected chi connectivity index (χ3v) is 4.80. The van der Waals surface area contributed by atoms with Crippen molar-refractivity contribution >= 4 is 5.69 Å². The highest BCUT2D eigenvalue weighted by atomic mass is 15.2. The summed E-state index contributed by atoms with van der Waals surface area (Å²) in [5.41, 5.74) is 8.56. The molecule has 2 nitrogen and oxygen atoms in total. The van der Waals surface area contributed by atoms with Crippen molar-refractivity contribution in [2.24, 2.45) is 11.7 Å². The van der Waals surface area contributed by atoms with Crippen LogP contribution in [0.2, 0.25) is 0 Å². The van der Waals surface area contributed by atoms with Crippen molar-refractivity contribution in [2.75, 3.05) is 18.0 Å². The molecule has 1 aromatic rings. The lowest BCUT2D eigenvalue weighted by molar-refractivity contribution is 0.302. The van der Waals surface area contributed by atoms with Crippen LogP contribution in [0, 0.1) is 12.8 Å². The summed E-state index contributed by atoms with van der Waals surface area (Å²) < 4.78 is 0. The van der Waals surface area contributed by atoms with E-state index >= 15 is 0 Å². The van der Waals surface area contributed by atoms with Gasteiger partial charge in [-0.25, -0.2) is 0 Å². The zero-order chi connectivity index (χ0) is 14.4. The number of benzene rings is 1. The molecule has 0 amide bonds. The molecule has 1 aliphatic carbocycles. The summed E-state index contributed by atoms with van der Waals surface area (Å²) in [6.45, 7) is 6.45. The van der Waals surface area contributed by atoms with Gasteiger partial charge < -0.3 is 10.6 Å². The second kappa shape index (κ2) is 7.68. The summed E-state index contributed by atoms with van der Waals surface area (Å²) in [5.74, 6) is 0.915. The van der Waals surface area contributed by atoms with E-state index in [-0.39, 0.29) is 0 Å². The predicted molar refractivity (Wildman–Crippen MR) is 88.2 cm³/mol. The van der Waals surface area contributed by atoms with E-state index in [4.69, 9.17) is 5.73 Å². The van der Waals surface area contributed by atoms with Gasteiger partial charge in [-0.15, -0.1) is 0 Å². The van der Waals surface area contributed by atoms with Crippen LogP contribution in [-0.2, 0) is 0 Å². The molecule has 0 spiro atoms.